The van der Waals surface area contributed by atoms with Crippen molar-refractivity contribution in [2.45, 2.75) is 25.2 Å². The van der Waals surface area contributed by atoms with Gasteiger partial charge in [0.2, 0.25) is 5.91 Å². The third-order valence-electron chi connectivity index (χ3n) is 5.44. The lowest BCUT2D eigenvalue weighted by Gasteiger charge is -2.22. The van der Waals surface area contributed by atoms with Gasteiger partial charge in [0, 0.05) is 16.5 Å². The van der Waals surface area contributed by atoms with Crippen LogP contribution in [0.3, 0.4) is 0 Å². The van der Waals surface area contributed by atoms with Gasteiger partial charge in [0.25, 0.3) is 10.0 Å². The molecule has 1 amide bonds. The summed E-state index contributed by atoms with van der Waals surface area (Å²) in [6.07, 6.45) is -0.106. The molecule has 0 unspecified atom stereocenters. The molecule has 4 aromatic rings. The van der Waals surface area contributed by atoms with Gasteiger partial charge >= 0.3 is 5.97 Å². The highest BCUT2D eigenvalue weighted by molar-refractivity contribution is 7.93. The Bertz CT molecular complexity index is 1530. The first-order valence-electron chi connectivity index (χ1n) is 11.9. The number of fused-ring (bicyclic) bond motifs is 1. The number of thiazole rings is 1. The average molecular weight is 554 g/mol. The number of rotatable bonds is 11. The molecular formula is C27H27N3O6S2. The molecule has 0 bridgehead atoms. The Morgan fingerprint density at radius 2 is 1.71 bits per heavy atom. The average Bonchev–Trinajstić information content (AvgIpc) is 3.36. The first kappa shape index (κ1) is 27.1. The molecule has 1 aromatic heterocycles. The number of sulfonamides is 1. The molecule has 38 heavy (non-hydrogen) atoms. The number of carbonyl (C=O) groups excluding carboxylic acids is 2. The summed E-state index contributed by atoms with van der Waals surface area (Å²) in [6, 6.07) is 18.9. The Kier molecular flexibility index (Phi) is 8.59. The largest absolute Gasteiger partial charge is 0.494 e. The van der Waals surface area contributed by atoms with E-state index >= 15 is 0 Å². The molecule has 3 aromatic carbocycles. The summed E-state index contributed by atoms with van der Waals surface area (Å²) in [5, 5.41) is 5.65. The number of hydrogen-bond acceptors (Lipinski definition) is 8. The summed E-state index contributed by atoms with van der Waals surface area (Å²) in [7, 11) is -4.22. The molecule has 4 rings (SSSR count). The molecule has 0 aliphatic carbocycles. The molecule has 0 saturated carbocycles. The number of carbonyl (C=O) groups is 2. The van der Waals surface area contributed by atoms with Crippen LogP contribution in [0.5, 0.6) is 5.75 Å². The molecule has 0 aliphatic heterocycles. The van der Waals surface area contributed by atoms with Crippen LogP contribution in [-0.2, 0) is 30.8 Å². The number of aromatic nitrogens is 1. The van der Waals surface area contributed by atoms with Gasteiger partial charge in [0.15, 0.2) is 5.13 Å². The summed E-state index contributed by atoms with van der Waals surface area (Å²) in [4.78, 5) is 29.4. The zero-order valence-electron chi connectivity index (χ0n) is 20.9. The lowest BCUT2D eigenvalue weighted by Crippen LogP contribution is -2.38. The summed E-state index contributed by atoms with van der Waals surface area (Å²) in [6.45, 7) is 3.79. The maximum Gasteiger partial charge on any atom is 0.311 e. The van der Waals surface area contributed by atoms with Gasteiger partial charge in [-0.1, -0.05) is 36.4 Å². The van der Waals surface area contributed by atoms with E-state index in [0.29, 0.717) is 29.1 Å². The second kappa shape index (κ2) is 12.1. The van der Waals surface area contributed by atoms with E-state index in [1.807, 2.05) is 25.1 Å². The molecule has 1 heterocycles. The van der Waals surface area contributed by atoms with Gasteiger partial charge in [-0.2, -0.15) is 0 Å². The first-order valence-corrected chi connectivity index (χ1v) is 14.3. The number of amides is 1. The number of hydrogen-bond donors (Lipinski definition) is 1. The van der Waals surface area contributed by atoms with Crippen LogP contribution < -0.4 is 14.4 Å². The number of nitrogens with one attached hydrogen (secondary N) is 1. The number of benzene rings is 3. The number of ether oxygens (including phenoxy) is 2. The predicted molar refractivity (Wildman–Crippen MR) is 147 cm³/mol. The van der Waals surface area contributed by atoms with E-state index in [1.54, 1.807) is 54.8 Å². The summed E-state index contributed by atoms with van der Waals surface area (Å²) >= 11 is 1.03. The van der Waals surface area contributed by atoms with Crippen molar-refractivity contribution in [1.29, 1.82) is 0 Å². The second-order valence-electron chi connectivity index (χ2n) is 8.10. The van der Waals surface area contributed by atoms with Crippen molar-refractivity contribution in [3.63, 3.8) is 0 Å². The van der Waals surface area contributed by atoms with E-state index in [1.165, 1.54) is 6.07 Å². The van der Waals surface area contributed by atoms with E-state index < -0.39 is 28.4 Å². The summed E-state index contributed by atoms with van der Waals surface area (Å²) < 4.78 is 39.3. The fourth-order valence-electron chi connectivity index (χ4n) is 3.78. The Hall–Kier alpha value is -3.96. The maximum atomic E-state index is 14.0. The van der Waals surface area contributed by atoms with Crippen molar-refractivity contribution in [3.8, 4) is 5.75 Å². The van der Waals surface area contributed by atoms with Crippen molar-refractivity contribution in [2.24, 2.45) is 0 Å². The molecule has 0 atom stereocenters. The third-order valence-corrected chi connectivity index (χ3v) is 8.26. The van der Waals surface area contributed by atoms with E-state index in [2.05, 4.69) is 10.3 Å². The van der Waals surface area contributed by atoms with Gasteiger partial charge in [-0.25, -0.2) is 17.7 Å². The minimum absolute atomic E-state index is 0.0478. The van der Waals surface area contributed by atoms with Crippen LogP contribution in [0.25, 0.3) is 10.8 Å². The summed E-state index contributed by atoms with van der Waals surface area (Å²) in [5.74, 6) is -0.372. The Balaban J connectivity index is 1.67. The minimum atomic E-state index is -4.22. The molecule has 9 nitrogen and oxygen atoms in total. The first-order chi connectivity index (χ1) is 18.3. The van der Waals surface area contributed by atoms with Crippen molar-refractivity contribution >= 4 is 54.8 Å². The monoisotopic (exact) mass is 553 g/mol. The highest BCUT2D eigenvalue weighted by atomic mass is 32.2. The standard InChI is InChI=1S/C27H27N3O6S2/c1-3-35-22-14-12-20(13-15-22)28-25(31)17-30(27-29-21(18-37-27)16-26(32)36-4-2)38(33,34)24-11-7-9-19-8-5-6-10-23(19)24/h5-15,18H,3-4,16-17H2,1-2H3,(H,28,31). The molecule has 0 fully saturated rings. The zero-order valence-corrected chi connectivity index (χ0v) is 22.6. The molecule has 198 valence electrons. The molecular weight excluding hydrogens is 526 g/mol. The summed E-state index contributed by atoms with van der Waals surface area (Å²) in [5.41, 5.74) is 0.844. The number of esters is 1. The van der Waals surface area contributed by atoms with Crippen LogP contribution in [0.4, 0.5) is 10.8 Å². The fraction of sp³-hybridized carbons (Fsp3) is 0.222. The van der Waals surface area contributed by atoms with Gasteiger partial charge in [-0.3, -0.25) is 9.59 Å². The predicted octanol–water partition coefficient (Wildman–Crippen LogP) is 4.63. The Morgan fingerprint density at radius 3 is 2.45 bits per heavy atom. The third kappa shape index (κ3) is 6.29. The van der Waals surface area contributed by atoms with Gasteiger partial charge in [0.05, 0.1) is 30.2 Å². The molecule has 11 heteroatoms. The van der Waals surface area contributed by atoms with Crippen LogP contribution in [-0.4, -0.2) is 45.0 Å². The second-order valence-corrected chi connectivity index (χ2v) is 10.8. The highest BCUT2D eigenvalue weighted by Gasteiger charge is 2.31. The van der Waals surface area contributed by atoms with Crippen LogP contribution >= 0.6 is 11.3 Å². The van der Waals surface area contributed by atoms with Gasteiger partial charge < -0.3 is 14.8 Å². The quantitative estimate of drug-likeness (QED) is 0.269. The van der Waals surface area contributed by atoms with E-state index in [9.17, 15) is 18.0 Å². The molecule has 0 saturated heterocycles. The maximum absolute atomic E-state index is 14.0. The van der Waals surface area contributed by atoms with Crippen LogP contribution in [0, 0.1) is 0 Å². The van der Waals surface area contributed by atoms with Crippen LogP contribution in [0.2, 0.25) is 0 Å². The lowest BCUT2D eigenvalue weighted by molar-refractivity contribution is -0.142. The smallest absolute Gasteiger partial charge is 0.311 e. The van der Waals surface area contributed by atoms with E-state index in [-0.39, 0.29) is 23.1 Å². The van der Waals surface area contributed by atoms with Crippen molar-refractivity contribution in [2.75, 3.05) is 29.4 Å². The van der Waals surface area contributed by atoms with Crippen molar-refractivity contribution in [1.82, 2.24) is 4.98 Å². The minimum Gasteiger partial charge on any atom is -0.494 e. The topological polar surface area (TPSA) is 115 Å². The van der Waals surface area contributed by atoms with Gasteiger partial charge in [-0.05, 0) is 49.6 Å². The van der Waals surface area contributed by atoms with Crippen LogP contribution in [0.1, 0.15) is 19.5 Å². The fourth-order valence-corrected chi connectivity index (χ4v) is 6.42. The molecule has 1 N–H and O–H groups in total. The van der Waals surface area contributed by atoms with Gasteiger partial charge in [-0.15, -0.1) is 11.3 Å². The van der Waals surface area contributed by atoms with Crippen molar-refractivity contribution in [3.05, 3.63) is 77.8 Å². The Morgan fingerprint density at radius 1 is 0.974 bits per heavy atom. The van der Waals surface area contributed by atoms with E-state index in [4.69, 9.17) is 9.47 Å². The molecule has 0 aliphatic rings. The molecule has 0 radical (unpaired) electrons. The molecule has 0 spiro atoms. The number of anilines is 2. The SMILES string of the molecule is CCOC(=O)Cc1csc(N(CC(=O)Nc2ccc(OCC)cc2)S(=O)(=O)c2cccc3ccccc23)n1. The highest BCUT2D eigenvalue weighted by Crippen LogP contribution is 2.31. The lowest BCUT2D eigenvalue weighted by atomic mass is 10.1. The van der Waals surface area contributed by atoms with Gasteiger partial charge in [0.1, 0.15) is 12.3 Å². The zero-order chi connectivity index (χ0) is 27.1. The van der Waals surface area contributed by atoms with E-state index in [0.717, 1.165) is 21.0 Å². The Labute approximate surface area is 225 Å². The van der Waals surface area contributed by atoms with Crippen LogP contribution in [0.15, 0.2) is 77.0 Å². The normalized spacial score (nSPS) is 11.2. The van der Waals surface area contributed by atoms with Crippen molar-refractivity contribution < 1.29 is 27.5 Å². The number of nitrogens with zero attached hydrogens (tertiary/aromatic N) is 2.